The van der Waals surface area contributed by atoms with Gasteiger partial charge in [-0.3, -0.25) is 4.94 Å². The van der Waals surface area contributed by atoms with E-state index in [9.17, 15) is 4.53 Å². The van der Waals surface area contributed by atoms with Gasteiger partial charge in [-0.2, -0.15) is 0 Å². The first-order valence-corrected chi connectivity index (χ1v) is 4.82. The number of nitrogens with zero attached hydrogens (tertiary/aromatic N) is 2. The molecule has 0 bridgehead atoms. The van der Waals surface area contributed by atoms with Gasteiger partial charge in [-0.15, -0.1) is 0 Å². The Morgan fingerprint density at radius 2 is 1.50 bits per heavy atom. The molecule has 0 saturated heterocycles. The maximum absolute atomic E-state index is 12.3. The second kappa shape index (κ2) is 3.41. The van der Waals surface area contributed by atoms with Crippen LogP contribution in [0.2, 0.25) is 0 Å². The highest BCUT2D eigenvalue weighted by Crippen LogP contribution is 2.24. The zero-order chi connectivity index (χ0) is 11.0. The fourth-order valence-electron chi connectivity index (χ4n) is 1.68. The molecule has 0 atom stereocenters. The van der Waals surface area contributed by atoms with Gasteiger partial charge in [0.05, 0.1) is 16.6 Å². The van der Waals surface area contributed by atoms with Crippen molar-refractivity contribution >= 4 is 22.1 Å². The molecule has 3 aromatic rings. The Hall–Kier alpha value is -2.23. The Kier molecular flexibility index (Phi) is 1.93. The van der Waals surface area contributed by atoms with Crippen LogP contribution >= 0.6 is 0 Å². The first-order chi connectivity index (χ1) is 7.88. The molecule has 16 heavy (non-hydrogen) atoms. The van der Waals surface area contributed by atoms with Crippen molar-refractivity contribution in [3.8, 4) is 5.75 Å². The van der Waals surface area contributed by atoms with Crippen LogP contribution < -0.4 is 4.94 Å². The largest absolute Gasteiger partial charge is 0.292 e. The van der Waals surface area contributed by atoms with E-state index in [0.717, 1.165) is 11.0 Å². The van der Waals surface area contributed by atoms with Crippen molar-refractivity contribution in [1.82, 2.24) is 9.97 Å². The van der Waals surface area contributed by atoms with E-state index in [4.69, 9.17) is 0 Å². The number of fused-ring (bicyclic) bond motifs is 2. The first-order valence-electron chi connectivity index (χ1n) is 4.82. The van der Waals surface area contributed by atoms with Crippen LogP contribution in [-0.2, 0) is 0 Å². The molecular weight excluding hydrogens is 207 g/mol. The van der Waals surface area contributed by atoms with E-state index in [1.165, 1.54) is 6.07 Å². The van der Waals surface area contributed by atoms with E-state index in [1.807, 2.05) is 24.3 Å². The number of hydrogen-bond donors (Lipinski definition) is 0. The quantitative estimate of drug-likeness (QED) is 0.584. The molecule has 3 nitrogen and oxygen atoms in total. The van der Waals surface area contributed by atoms with Crippen molar-refractivity contribution < 1.29 is 9.47 Å². The molecule has 1 aromatic heterocycles. The number of halogens is 1. The Balaban J connectivity index is 2.46. The third-order valence-corrected chi connectivity index (χ3v) is 2.42. The zero-order valence-electron chi connectivity index (χ0n) is 8.22. The Labute approximate surface area is 90.4 Å². The molecule has 0 N–H and O–H groups in total. The average molecular weight is 214 g/mol. The third kappa shape index (κ3) is 1.27. The number of rotatable bonds is 1. The van der Waals surface area contributed by atoms with Gasteiger partial charge in [-0.1, -0.05) is 18.2 Å². The molecule has 0 aliphatic carbocycles. The van der Waals surface area contributed by atoms with Gasteiger partial charge >= 0.3 is 0 Å². The van der Waals surface area contributed by atoms with E-state index in [0.29, 0.717) is 11.0 Å². The van der Waals surface area contributed by atoms with Crippen LogP contribution in [0, 0.1) is 0 Å². The fraction of sp³-hybridized carbons (Fsp3) is 0. The molecule has 3 rings (SSSR count). The molecule has 0 radical (unpaired) electrons. The lowest BCUT2D eigenvalue weighted by Crippen LogP contribution is -1.89. The highest BCUT2D eigenvalue weighted by Gasteiger charge is 2.06. The van der Waals surface area contributed by atoms with Gasteiger partial charge in [0.1, 0.15) is 5.52 Å². The first kappa shape index (κ1) is 9.03. The topological polar surface area (TPSA) is 35.0 Å². The van der Waals surface area contributed by atoms with E-state index < -0.39 is 0 Å². The Morgan fingerprint density at radius 1 is 0.812 bits per heavy atom. The molecule has 0 saturated carbocycles. The van der Waals surface area contributed by atoms with Gasteiger partial charge in [-0.25, -0.2) is 9.97 Å². The van der Waals surface area contributed by atoms with Crippen molar-refractivity contribution in [2.24, 2.45) is 0 Å². The van der Waals surface area contributed by atoms with Gasteiger partial charge in [-0.05, 0) is 24.3 Å². The molecule has 2 aromatic carbocycles. The Bertz CT molecular complexity index is 669. The summed E-state index contributed by atoms with van der Waals surface area (Å²) >= 11 is 0. The van der Waals surface area contributed by atoms with Gasteiger partial charge < -0.3 is 0 Å². The Morgan fingerprint density at radius 3 is 2.25 bits per heavy atom. The molecule has 78 valence electrons. The molecule has 0 fully saturated rings. The summed E-state index contributed by atoms with van der Waals surface area (Å²) in [7, 11) is 0. The molecule has 0 aliphatic rings. The lowest BCUT2D eigenvalue weighted by Gasteiger charge is -2.02. The van der Waals surface area contributed by atoms with Crippen LogP contribution in [0.1, 0.15) is 0 Å². The molecular formula is C12H7FN2O. The summed E-state index contributed by atoms with van der Waals surface area (Å²) < 4.78 is 12.3. The lowest BCUT2D eigenvalue weighted by molar-refractivity contribution is -0.00446. The normalized spacial score (nSPS) is 10.8. The highest BCUT2D eigenvalue weighted by molar-refractivity contribution is 5.89. The minimum Gasteiger partial charge on any atom is -0.292 e. The number of aromatic nitrogens is 2. The molecule has 1 heterocycles. The predicted octanol–water partition coefficient (Wildman–Crippen LogP) is 3.05. The fourth-order valence-corrected chi connectivity index (χ4v) is 1.68. The zero-order valence-corrected chi connectivity index (χ0v) is 8.22. The van der Waals surface area contributed by atoms with Crippen molar-refractivity contribution in [3.05, 3.63) is 42.5 Å². The van der Waals surface area contributed by atoms with E-state index in [1.54, 1.807) is 12.1 Å². The maximum Gasteiger partial charge on any atom is 0.199 e. The second-order valence-electron chi connectivity index (χ2n) is 3.41. The minimum atomic E-state index is 0.0933. The lowest BCUT2D eigenvalue weighted by atomic mass is 10.2. The second-order valence-corrected chi connectivity index (χ2v) is 3.41. The molecule has 0 unspecified atom stereocenters. The van der Waals surface area contributed by atoms with Crippen LogP contribution in [0.5, 0.6) is 5.75 Å². The monoisotopic (exact) mass is 214 g/mol. The summed E-state index contributed by atoms with van der Waals surface area (Å²) in [4.78, 5) is 12.5. The van der Waals surface area contributed by atoms with Crippen molar-refractivity contribution in [2.45, 2.75) is 0 Å². The summed E-state index contributed by atoms with van der Waals surface area (Å²) in [6.45, 7) is 0. The molecule has 0 spiro atoms. The van der Waals surface area contributed by atoms with E-state index in [2.05, 4.69) is 14.9 Å². The van der Waals surface area contributed by atoms with Gasteiger partial charge in [0, 0.05) is 4.53 Å². The number of hydrogen-bond acceptors (Lipinski definition) is 3. The van der Waals surface area contributed by atoms with Crippen LogP contribution in [0.3, 0.4) is 0 Å². The van der Waals surface area contributed by atoms with E-state index >= 15 is 0 Å². The predicted molar refractivity (Wildman–Crippen MR) is 58.8 cm³/mol. The van der Waals surface area contributed by atoms with E-state index in [-0.39, 0.29) is 5.75 Å². The third-order valence-electron chi connectivity index (χ3n) is 2.42. The SMILES string of the molecule is FOc1cccc2nc3ccccc3nc12. The van der Waals surface area contributed by atoms with Gasteiger partial charge in [0.25, 0.3) is 0 Å². The average Bonchev–Trinajstić information content (AvgIpc) is 2.35. The van der Waals surface area contributed by atoms with Crippen molar-refractivity contribution in [2.75, 3.05) is 0 Å². The van der Waals surface area contributed by atoms with Crippen molar-refractivity contribution in [3.63, 3.8) is 0 Å². The van der Waals surface area contributed by atoms with Crippen LogP contribution in [-0.4, -0.2) is 9.97 Å². The minimum absolute atomic E-state index is 0.0933. The summed E-state index contributed by atoms with van der Waals surface area (Å²) in [5.74, 6) is 0.0933. The summed E-state index contributed by atoms with van der Waals surface area (Å²) in [6.07, 6.45) is 0. The molecule has 4 heteroatoms. The van der Waals surface area contributed by atoms with Crippen LogP contribution in [0.15, 0.2) is 42.5 Å². The number of para-hydroxylation sites is 3. The summed E-state index contributed by atoms with van der Waals surface area (Å²) in [5.41, 5.74) is 2.56. The molecule has 0 aliphatic heterocycles. The number of benzene rings is 2. The highest BCUT2D eigenvalue weighted by atomic mass is 19.3. The standard InChI is InChI=1S/C12H7FN2O/c13-16-11-7-3-6-10-12(11)15-9-5-2-1-4-8(9)14-10/h1-7H. The van der Waals surface area contributed by atoms with Crippen molar-refractivity contribution in [1.29, 1.82) is 0 Å². The van der Waals surface area contributed by atoms with Crippen LogP contribution in [0.4, 0.5) is 4.53 Å². The van der Waals surface area contributed by atoms with Gasteiger partial charge in [0.2, 0.25) is 0 Å². The maximum atomic E-state index is 12.3. The van der Waals surface area contributed by atoms with Gasteiger partial charge in [0.15, 0.2) is 5.75 Å². The molecule has 0 amide bonds. The smallest absolute Gasteiger partial charge is 0.199 e. The van der Waals surface area contributed by atoms with Crippen LogP contribution in [0.25, 0.3) is 22.1 Å². The summed E-state index contributed by atoms with van der Waals surface area (Å²) in [6, 6.07) is 12.4. The summed E-state index contributed by atoms with van der Waals surface area (Å²) in [5, 5.41) is 0.